The number of aryl methyl sites for hydroxylation is 2. The van der Waals surface area contributed by atoms with Crippen LogP contribution in [0, 0.1) is 0 Å². The molecule has 1 N–H and O–H groups in total. The van der Waals surface area contributed by atoms with Gasteiger partial charge in [0.25, 0.3) is 0 Å². The Hall–Kier alpha value is -1.82. The molecule has 0 aliphatic heterocycles. The first-order valence-electron chi connectivity index (χ1n) is 6.56. The summed E-state index contributed by atoms with van der Waals surface area (Å²) in [5.74, 6) is 0.902. The SMILES string of the molecule is CCn1nccc1CNc1nn(C)c2cc(Br)ccc12. The lowest BCUT2D eigenvalue weighted by atomic mass is 10.2. The van der Waals surface area contributed by atoms with Crippen LogP contribution in [-0.2, 0) is 20.1 Å². The van der Waals surface area contributed by atoms with E-state index < -0.39 is 0 Å². The van der Waals surface area contributed by atoms with Crippen LogP contribution in [0.25, 0.3) is 10.9 Å². The minimum atomic E-state index is 0.718. The highest BCUT2D eigenvalue weighted by Gasteiger charge is 2.09. The Labute approximate surface area is 125 Å². The monoisotopic (exact) mass is 333 g/mol. The maximum absolute atomic E-state index is 4.54. The molecule has 3 rings (SSSR count). The summed E-state index contributed by atoms with van der Waals surface area (Å²) in [4.78, 5) is 0. The summed E-state index contributed by atoms with van der Waals surface area (Å²) >= 11 is 3.49. The molecule has 20 heavy (non-hydrogen) atoms. The van der Waals surface area contributed by atoms with Crippen LogP contribution in [0.3, 0.4) is 0 Å². The van der Waals surface area contributed by atoms with Crippen LogP contribution in [0.5, 0.6) is 0 Å². The van der Waals surface area contributed by atoms with Crippen molar-refractivity contribution in [2.45, 2.75) is 20.0 Å². The number of aromatic nitrogens is 4. The summed E-state index contributed by atoms with van der Waals surface area (Å²) in [5.41, 5.74) is 2.26. The van der Waals surface area contributed by atoms with Crippen LogP contribution in [0.1, 0.15) is 12.6 Å². The van der Waals surface area contributed by atoms with E-state index in [1.165, 1.54) is 0 Å². The third kappa shape index (κ3) is 2.31. The summed E-state index contributed by atoms with van der Waals surface area (Å²) in [6, 6.07) is 8.21. The highest BCUT2D eigenvalue weighted by Crippen LogP contribution is 2.25. The van der Waals surface area contributed by atoms with Crippen molar-refractivity contribution in [1.82, 2.24) is 19.6 Å². The molecule has 104 valence electrons. The lowest BCUT2D eigenvalue weighted by Crippen LogP contribution is -2.08. The third-order valence-corrected chi connectivity index (χ3v) is 3.85. The largest absolute Gasteiger partial charge is 0.362 e. The molecular weight excluding hydrogens is 318 g/mol. The molecule has 0 radical (unpaired) electrons. The maximum Gasteiger partial charge on any atom is 0.156 e. The lowest BCUT2D eigenvalue weighted by molar-refractivity contribution is 0.627. The minimum absolute atomic E-state index is 0.718. The second-order valence-electron chi connectivity index (χ2n) is 4.63. The van der Waals surface area contributed by atoms with Gasteiger partial charge in [0.15, 0.2) is 5.82 Å². The molecule has 0 saturated carbocycles. The summed E-state index contributed by atoms with van der Waals surface area (Å²) in [6.45, 7) is 3.68. The predicted octanol–water partition coefficient (Wildman–Crippen LogP) is 3.16. The first-order chi connectivity index (χ1) is 9.69. The van der Waals surface area contributed by atoms with E-state index in [1.807, 2.05) is 34.7 Å². The van der Waals surface area contributed by atoms with Crippen LogP contribution in [-0.4, -0.2) is 19.6 Å². The number of anilines is 1. The van der Waals surface area contributed by atoms with Gasteiger partial charge in [0.2, 0.25) is 0 Å². The molecule has 0 aliphatic carbocycles. The molecule has 2 aromatic heterocycles. The van der Waals surface area contributed by atoms with E-state index >= 15 is 0 Å². The van der Waals surface area contributed by atoms with Crippen molar-refractivity contribution in [1.29, 1.82) is 0 Å². The molecule has 2 heterocycles. The number of halogens is 1. The predicted molar refractivity (Wildman–Crippen MR) is 83.6 cm³/mol. The first kappa shape index (κ1) is 13.2. The Balaban J connectivity index is 1.88. The van der Waals surface area contributed by atoms with Crippen molar-refractivity contribution in [3.8, 4) is 0 Å². The van der Waals surface area contributed by atoms with Crippen LogP contribution in [0.2, 0.25) is 0 Å². The minimum Gasteiger partial charge on any atom is -0.362 e. The Bertz CT molecular complexity index is 743. The Morgan fingerprint density at radius 3 is 2.95 bits per heavy atom. The first-order valence-corrected chi connectivity index (χ1v) is 7.35. The number of nitrogens with one attached hydrogen (secondary N) is 1. The Morgan fingerprint density at radius 1 is 1.30 bits per heavy atom. The molecule has 0 atom stereocenters. The molecule has 0 bridgehead atoms. The van der Waals surface area contributed by atoms with E-state index in [2.05, 4.69) is 50.5 Å². The average Bonchev–Trinajstić information content (AvgIpc) is 3.01. The van der Waals surface area contributed by atoms with Gasteiger partial charge < -0.3 is 5.32 Å². The van der Waals surface area contributed by atoms with Gasteiger partial charge in [0.1, 0.15) is 0 Å². The maximum atomic E-state index is 4.54. The zero-order valence-electron chi connectivity index (χ0n) is 11.5. The number of rotatable bonds is 4. The molecule has 0 saturated heterocycles. The van der Waals surface area contributed by atoms with Crippen LogP contribution in [0.4, 0.5) is 5.82 Å². The van der Waals surface area contributed by atoms with Crippen LogP contribution < -0.4 is 5.32 Å². The van der Waals surface area contributed by atoms with Gasteiger partial charge in [-0.3, -0.25) is 9.36 Å². The summed E-state index contributed by atoms with van der Waals surface area (Å²) in [6.07, 6.45) is 1.83. The van der Waals surface area contributed by atoms with E-state index in [0.717, 1.165) is 40.0 Å². The topological polar surface area (TPSA) is 47.7 Å². The Kier molecular flexibility index (Phi) is 3.48. The zero-order valence-corrected chi connectivity index (χ0v) is 13.1. The van der Waals surface area contributed by atoms with Gasteiger partial charge in [0.05, 0.1) is 17.8 Å². The second kappa shape index (κ2) is 5.28. The highest BCUT2D eigenvalue weighted by atomic mass is 79.9. The van der Waals surface area contributed by atoms with Crippen molar-refractivity contribution in [2.24, 2.45) is 7.05 Å². The van der Waals surface area contributed by atoms with Gasteiger partial charge in [-0.05, 0) is 31.2 Å². The fourth-order valence-electron chi connectivity index (χ4n) is 2.33. The summed E-state index contributed by atoms with van der Waals surface area (Å²) in [5, 5.41) is 13.3. The van der Waals surface area contributed by atoms with Gasteiger partial charge in [-0.1, -0.05) is 15.9 Å². The van der Waals surface area contributed by atoms with E-state index in [0.29, 0.717) is 0 Å². The van der Waals surface area contributed by atoms with E-state index in [4.69, 9.17) is 0 Å². The van der Waals surface area contributed by atoms with Gasteiger partial charge in [0, 0.05) is 29.6 Å². The van der Waals surface area contributed by atoms with Crippen molar-refractivity contribution >= 4 is 32.7 Å². The molecule has 1 aromatic carbocycles. The van der Waals surface area contributed by atoms with Crippen molar-refractivity contribution in [3.63, 3.8) is 0 Å². The molecule has 3 aromatic rings. The zero-order chi connectivity index (χ0) is 14.1. The van der Waals surface area contributed by atoms with Crippen molar-refractivity contribution < 1.29 is 0 Å². The fourth-order valence-corrected chi connectivity index (χ4v) is 2.68. The normalized spacial score (nSPS) is 11.2. The van der Waals surface area contributed by atoms with Crippen molar-refractivity contribution in [3.05, 3.63) is 40.6 Å². The van der Waals surface area contributed by atoms with Gasteiger partial charge >= 0.3 is 0 Å². The number of hydrogen-bond acceptors (Lipinski definition) is 3. The van der Waals surface area contributed by atoms with Crippen LogP contribution in [0.15, 0.2) is 34.9 Å². The smallest absolute Gasteiger partial charge is 0.156 e. The van der Waals surface area contributed by atoms with Gasteiger partial charge in [-0.25, -0.2) is 0 Å². The van der Waals surface area contributed by atoms with E-state index in [-0.39, 0.29) is 0 Å². The second-order valence-corrected chi connectivity index (χ2v) is 5.54. The molecule has 0 amide bonds. The van der Waals surface area contributed by atoms with Gasteiger partial charge in [-0.15, -0.1) is 0 Å². The van der Waals surface area contributed by atoms with Gasteiger partial charge in [-0.2, -0.15) is 10.2 Å². The van der Waals surface area contributed by atoms with E-state index in [1.54, 1.807) is 0 Å². The molecular formula is C14H16BrN5. The number of hydrogen-bond donors (Lipinski definition) is 1. The quantitative estimate of drug-likeness (QED) is 0.797. The third-order valence-electron chi connectivity index (χ3n) is 3.35. The molecule has 0 aliphatic rings. The van der Waals surface area contributed by atoms with Crippen LogP contribution >= 0.6 is 15.9 Å². The van der Waals surface area contributed by atoms with Crippen molar-refractivity contribution in [2.75, 3.05) is 5.32 Å². The standard InChI is InChI=1S/C14H16BrN5/c1-3-20-11(6-7-17-20)9-16-14-12-5-4-10(15)8-13(12)19(2)18-14/h4-8H,3,9H2,1-2H3,(H,16,18). The Morgan fingerprint density at radius 2 is 2.15 bits per heavy atom. The molecule has 6 heteroatoms. The highest BCUT2D eigenvalue weighted by molar-refractivity contribution is 9.10. The molecule has 5 nitrogen and oxygen atoms in total. The molecule has 0 spiro atoms. The number of benzene rings is 1. The summed E-state index contributed by atoms with van der Waals surface area (Å²) < 4.78 is 4.93. The fraction of sp³-hybridized carbons (Fsp3) is 0.286. The van der Waals surface area contributed by atoms with E-state index in [9.17, 15) is 0 Å². The average molecular weight is 334 g/mol. The lowest BCUT2D eigenvalue weighted by Gasteiger charge is -2.06. The number of nitrogens with zero attached hydrogens (tertiary/aromatic N) is 4. The summed E-state index contributed by atoms with van der Waals surface area (Å²) in [7, 11) is 1.95. The number of fused-ring (bicyclic) bond motifs is 1. The molecule has 0 unspecified atom stereocenters. The molecule has 0 fully saturated rings.